The minimum absolute atomic E-state index is 0.110. The highest BCUT2D eigenvalue weighted by Gasteiger charge is 2.28. The Hall–Kier alpha value is -1.44. The van der Waals surface area contributed by atoms with Gasteiger partial charge in [-0.1, -0.05) is 19.9 Å². The second-order valence-corrected chi connectivity index (χ2v) is 5.23. The first-order valence-corrected chi connectivity index (χ1v) is 6.25. The molecule has 0 bridgehead atoms. The van der Waals surface area contributed by atoms with E-state index in [1.807, 2.05) is 6.07 Å². The Labute approximate surface area is 101 Å². The van der Waals surface area contributed by atoms with Crippen molar-refractivity contribution in [2.75, 3.05) is 0 Å². The molecule has 1 saturated carbocycles. The average molecular weight is 229 g/mol. The Morgan fingerprint density at radius 3 is 2.71 bits per heavy atom. The van der Waals surface area contributed by atoms with Crippen LogP contribution in [0, 0.1) is 5.82 Å². The second-order valence-electron chi connectivity index (χ2n) is 5.23. The van der Waals surface area contributed by atoms with E-state index in [1.54, 1.807) is 12.3 Å². The molecule has 1 nitrogen and oxygen atoms in total. The van der Waals surface area contributed by atoms with Gasteiger partial charge in [0.25, 0.3) is 0 Å². The summed E-state index contributed by atoms with van der Waals surface area (Å²) in [6.07, 6.45) is 4.11. The molecule has 2 heteroatoms. The minimum Gasteiger partial charge on any atom is -0.260 e. The van der Waals surface area contributed by atoms with Gasteiger partial charge < -0.3 is 0 Å². The maximum atomic E-state index is 14.2. The number of hydrogen-bond acceptors (Lipinski definition) is 1. The fourth-order valence-electron chi connectivity index (χ4n) is 2.31. The first-order valence-electron chi connectivity index (χ1n) is 6.25. The summed E-state index contributed by atoms with van der Waals surface area (Å²) in [4.78, 5) is 4.36. The molecule has 17 heavy (non-hydrogen) atoms. The van der Waals surface area contributed by atoms with E-state index in [9.17, 15) is 4.39 Å². The van der Waals surface area contributed by atoms with E-state index in [1.165, 1.54) is 0 Å². The van der Waals surface area contributed by atoms with Crippen molar-refractivity contribution < 1.29 is 4.39 Å². The van der Waals surface area contributed by atoms with Crippen LogP contribution in [-0.2, 0) is 0 Å². The van der Waals surface area contributed by atoms with Crippen molar-refractivity contribution in [3.63, 3.8) is 0 Å². The van der Waals surface area contributed by atoms with E-state index < -0.39 is 0 Å². The van der Waals surface area contributed by atoms with Gasteiger partial charge in [0.1, 0.15) is 5.82 Å². The average Bonchev–Trinajstić information content (AvgIpc) is 3.11. The van der Waals surface area contributed by atoms with Gasteiger partial charge in [-0.2, -0.15) is 0 Å². The number of halogens is 1. The van der Waals surface area contributed by atoms with E-state index >= 15 is 0 Å². The van der Waals surface area contributed by atoms with Crippen LogP contribution < -0.4 is 0 Å². The molecule has 0 amide bonds. The third-order valence-electron chi connectivity index (χ3n) is 3.50. The van der Waals surface area contributed by atoms with E-state index in [0.29, 0.717) is 11.8 Å². The smallest absolute Gasteiger partial charge is 0.133 e. The highest BCUT2D eigenvalue weighted by atomic mass is 19.1. The van der Waals surface area contributed by atoms with Gasteiger partial charge in [-0.25, -0.2) is 4.39 Å². The summed E-state index contributed by atoms with van der Waals surface area (Å²) < 4.78 is 14.2. The molecule has 88 valence electrons. The molecule has 0 unspecified atom stereocenters. The normalized spacial score (nSPS) is 15.8. The number of pyridine rings is 1. The number of nitrogens with zero attached hydrogens (tertiary/aromatic N) is 1. The predicted molar refractivity (Wildman–Crippen MR) is 67.8 cm³/mol. The molecule has 2 aromatic rings. The third-order valence-corrected chi connectivity index (χ3v) is 3.50. The maximum Gasteiger partial charge on any atom is 0.133 e. The Balaban J connectivity index is 2.27. The fraction of sp³-hybridized carbons (Fsp3) is 0.400. The van der Waals surface area contributed by atoms with Crippen LogP contribution in [0.1, 0.15) is 49.8 Å². The van der Waals surface area contributed by atoms with Crippen molar-refractivity contribution in [2.24, 2.45) is 0 Å². The molecule has 0 saturated heterocycles. The lowest BCUT2D eigenvalue weighted by atomic mass is 9.97. The summed E-state index contributed by atoms with van der Waals surface area (Å²) in [5, 5.41) is 1.73. The van der Waals surface area contributed by atoms with Crippen molar-refractivity contribution in [3.8, 4) is 0 Å². The van der Waals surface area contributed by atoms with Crippen molar-refractivity contribution in [1.82, 2.24) is 4.98 Å². The van der Waals surface area contributed by atoms with E-state index in [2.05, 4.69) is 24.9 Å². The van der Waals surface area contributed by atoms with Gasteiger partial charge in [-0.15, -0.1) is 0 Å². The van der Waals surface area contributed by atoms with Crippen molar-refractivity contribution in [1.29, 1.82) is 0 Å². The van der Waals surface area contributed by atoms with Gasteiger partial charge in [0, 0.05) is 17.5 Å². The molecule has 0 atom stereocenters. The van der Waals surface area contributed by atoms with Crippen LogP contribution in [0.15, 0.2) is 24.4 Å². The topological polar surface area (TPSA) is 12.9 Å². The first kappa shape index (κ1) is 10.7. The molecule has 1 fully saturated rings. The Bertz CT molecular complexity index is 570. The quantitative estimate of drug-likeness (QED) is 0.745. The van der Waals surface area contributed by atoms with Crippen molar-refractivity contribution in [3.05, 3.63) is 41.5 Å². The van der Waals surface area contributed by atoms with Crippen LogP contribution in [0.25, 0.3) is 10.8 Å². The van der Waals surface area contributed by atoms with Gasteiger partial charge in [0.05, 0.1) is 5.69 Å². The van der Waals surface area contributed by atoms with Crippen molar-refractivity contribution in [2.45, 2.75) is 38.5 Å². The summed E-state index contributed by atoms with van der Waals surface area (Å²) in [5.41, 5.74) is 2.01. The molecule has 0 aliphatic heterocycles. The molecular formula is C15H16FN. The summed E-state index contributed by atoms with van der Waals surface area (Å²) in [6.45, 7) is 4.17. The summed E-state index contributed by atoms with van der Waals surface area (Å²) in [7, 11) is 0. The summed E-state index contributed by atoms with van der Waals surface area (Å²) in [5.74, 6) is 0.728. The van der Waals surface area contributed by atoms with E-state index in [-0.39, 0.29) is 5.82 Å². The molecule has 1 aliphatic rings. The summed E-state index contributed by atoms with van der Waals surface area (Å²) in [6, 6.07) is 5.67. The number of rotatable bonds is 2. The number of aromatic nitrogens is 1. The molecule has 3 rings (SSSR count). The zero-order chi connectivity index (χ0) is 12.0. The molecular weight excluding hydrogens is 213 g/mol. The Morgan fingerprint density at radius 2 is 2.06 bits per heavy atom. The van der Waals surface area contributed by atoms with Crippen LogP contribution in [0.4, 0.5) is 4.39 Å². The van der Waals surface area contributed by atoms with Crippen LogP contribution in [-0.4, -0.2) is 4.98 Å². The molecule has 1 heterocycles. The van der Waals surface area contributed by atoms with Gasteiger partial charge in [0.15, 0.2) is 0 Å². The number of fused-ring (bicyclic) bond motifs is 1. The zero-order valence-electron chi connectivity index (χ0n) is 10.2. The van der Waals surface area contributed by atoms with Crippen LogP contribution in [0.3, 0.4) is 0 Å². The van der Waals surface area contributed by atoms with Gasteiger partial charge in [-0.05, 0) is 41.8 Å². The molecule has 1 aromatic carbocycles. The SMILES string of the molecule is CC(C)c1cc(F)c2c(C3CC3)nccc2c1. The second kappa shape index (κ2) is 3.80. The first-order chi connectivity index (χ1) is 8.16. The van der Waals surface area contributed by atoms with Crippen LogP contribution in [0.5, 0.6) is 0 Å². The van der Waals surface area contributed by atoms with Crippen LogP contribution >= 0.6 is 0 Å². The van der Waals surface area contributed by atoms with Crippen molar-refractivity contribution >= 4 is 10.8 Å². The minimum atomic E-state index is -0.110. The Morgan fingerprint density at radius 1 is 1.29 bits per heavy atom. The lowest BCUT2D eigenvalue weighted by molar-refractivity contribution is 0.633. The van der Waals surface area contributed by atoms with Gasteiger partial charge >= 0.3 is 0 Å². The number of hydrogen-bond donors (Lipinski definition) is 0. The highest BCUT2D eigenvalue weighted by molar-refractivity contribution is 5.86. The van der Waals surface area contributed by atoms with E-state index in [0.717, 1.165) is 34.9 Å². The molecule has 0 radical (unpaired) electrons. The van der Waals surface area contributed by atoms with Crippen LogP contribution in [0.2, 0.25) is 0 Å². The third kappa shape index (κ3) is 1.82. The lowest BCUT2D eigenvalue weighted by Gasteiger charge is -2.10. The number of benzene rings is 1. The highest BCUT2D eigenvalue weighted by Crippen LogP contribution is 2.42. The maximum absolute atomic E-state index is 14.2. The fourth-order valence-corrected chi connectivity index (χ4v) is 2.31. The van der Waals surface area contributed by atoms with Gasteiger partial charge in [0.2, 0.25) is 0 Å². The predicted octanol–water partition coefficient (Wildman–Crippen LogP) is 4.37. The Kier molecular flexibility index (Phi) is 2.39. The monoisotopic (exact) mass is 229 g/mol. The molecule has 1 aliphatic carbocycles. The summed E-state index contributed by atoms with van der Waals surface area (Å²) >= 11 is 0. The standard InChI is InChI=1S/C15H16FN/c1-9(2)12-7-11-5-6-17-15(10-3-4-10)14(11)13(16)8-12/h5-10H,3-4H2,1-2H3. The zero-order valence-corrected chi connectivity index (χ0v) is 10.2. The molecule has 0 spiro atoms. The lowest BCUT2D eigenvalue weighted by Crippen LogP contribution is -1.95. The van der Waals surface area contributed by atoms with Gasteiger partial charge in [-0.3, -0.25) is 4.98 Å². The molecule has 1 aromatic heterocycles. The van der Waals surface area contributed by atoms with E-state index in [4.69, 9.17) is 0 Å². The molecule has 0 N–H and O–H groups in total. The largest absolute Gasteiger partial charge is 0.260 e.